The van der Waals surface area contributed by atoms with E-state index in [0.717, 1.165) is 64.5 Å². The number of nitrogens with zero attached hydrogens (tertiary/aromatic N) is 1. The molecule has 0 aromatic heterocycles. The Bertz CT molecular complexity index is 354. The molecule has 1 saturated heterocycles. The molecule has 2 rings (SSSR count). The van der Waals surface area contributed by atoms with Gasteiger partial charge in [0.15, 0.2) is 5.96 Å². The van der Waals surface area contributed by atoms with Gasteiger partial charge in [0.2, 0.25) is 0 Å². The Kier molecular flexibility index (Phi) is 11.3. The van der Waals surface area contributed by atoms with Crippen molar-refractivity contribution in [2.24, 2.45) is 4.99 Å². The van der Waals surface area contributed by atoms with E-state index in [1.165, 1.54) is 25.7 Å². The first-order valence-corrected chi connectivity index (χ1v) is 9.56. The molecule has 0 spiro atoms. The van der Waals surface area contributed by atoms with Crippen molar-refractivity contribution in [1.82, 2.24) is 10.6 Å². The van der Waals surface area contributed by atoms with Crippen LogP contribution in [-0.2, 0) is 9.47 Å². The fourth-order valence-electron chi connectivity index (χ4n) is 3.44. The highest BCUT2D eigenvalue weighted by Crippen LogP contribution is 2.32. The van der Waals surface area contributed by atoms with Gasteiger partial charge in [-0.3, -0.25) is 4.99 Å². The molecule has 142 valence electrons. The second-order valence-corrected chi connectivity index (χ2v) is 6.80. The smallest absolute Gasteiger partial charge is 0.191 e. The molecule has 1 heterocycles. The van der Waals surface area contributed by atoms with Crippen LogP contribution >= 0.6 is 24.0 Å². The third kappa shape index (κ3) is 7.44. The molecule has 1 aliphatic carbocycles. The van der Waals surface area contributed by atoms with Crippen molar-refractivity contribution < 1.29 is 9.47 Å². The predicted octanol–water partition coefficient (Wildman–Crippen LogP) is 3.47. The van der Waals surface area contributed by atoms with E-state index < -0.39 is 0 Å². The lowest BCUT2D eigenvalue weighted by Crippen LogP contribution is -2.44. The lowest BCUT2D eigenvalue weighted by atomic mass is 9.84. The second-order valence-electron chi connectivity index (χ2n) is 6.80. The Balaban J connectivity index is 0.00000288. The number of halogens is 1. The Morgan fingerprint density at radius 2 is 1.96 bits per heavy atom. The van der Waals surface area contributed by atoms with Crippen LogP contribution < -0.4 is 10.6 Å². The van der Waals surface area contributed by atoms with E-state index >= 15 is 0 Å². The van der Waals surface area contributed by atoms with Gasteiger partial charge in [0.05, 0.1) is 18.2 Å². The summed E-state index contributed by atoms with van der Waals surface area (Å²) < 4.78 is 11.9. The number of ether oxygens (including phenoxy) is 2. The molecule has 0 amide bonds. The summed E-state index contributed by atoms with van der Waals surface area (Å²) in [4.78, 5) is 4.84. The third-order valence-electron chi connectivity index (χ3n) is 4.77. The van der Waals surface area contributed by atoms with Crippen molar-refractivity contribution in [2.45, 2.75) is 76.9 Å². The van der Waals surface area contributed by atoms with E-state index in [1.54, 1.807) is 0 Å². The largest absolute Gasteiger partial charge is 0.376 e. The molecule has 2 N–H and O–H groups in total. The quantitative estimate of drug-likeness (QED) is 0.336. The number of hydrogen-bond acceptors (Lipinski definition) is 3. The van der Waals surface area contributed by atoms with Gasteiger partial charge in [-0.25, -0.2) is 0 Å². The van der Waals surface area contributed by atoms with Gasteiger partial charge in [-0.05, 0) is 39.0 Å². The number of rotatable bonds is 8. The summed E-state index contributed by atoms with van der Waals surface area (Å²) in [5.41, 5.74) is -0.0412. The fraction of sp³-hybridized carbons (Fsp3) is 0.944. The zero-order valence-electron chi connectivity index (χ0n) is 15.4. The summed E-state index contributed by atoms with van der Waals surface area (Å²) in [6.07, 6.45) is 9.87. The molecule has 2 aliphatic rings. The second kappa shape index (κ2) is 12.3. The van der Waals surface area contributed by atoms with Gasteiger partial charge in [-0.15, -0.1) is 24.0 Å². The van der Waals surface area contributed by atoms with Gasteiger partial charge < -0.3 is 20.1 Å². The number of hydrogen-bond donors (Lipinski definition) is 2. The maximum atomic E-state index is 6.24. The van der Waals surface area contributed by atoms with Crippen molar-refractivity contribution in [3.8, 4) is 0 Å². The highest BCUT2D eigenvalue weighted by Gasteiger charge is 2.32. The first kappa shape index (κ1) is 22.0. The lowest BCUT2D eigenvalue weighted by molar-refractivity contribution is -0.0624. The molecule has 0 radical (unpaired) electrons. The van der Waals surface area contributed by atoms with Crippen molar-refractivity contribution in [3.05, 3.63) is 0 Å². The molecule has 0 aromatic rings. The summed E-state index contributed by atoms with van der Waals surface area (Å²) in [5, 5.41) is 6.78. The molecule has 0 aromatic carbocycles. The van der Waals surface area contributed by atoms with Gasteiger partial charge >= 0.3 is 0 Å². The van der Waals surface area contributed by atoms with E-state index in [4.69, 9.17) is 14.5 Å². The fourth-order valence-corrected chi connectivity index (χ4v) is 3.44. The number of nitrogens with one attached hydrogen (secondary N) is 2. The van der Waals surface area contributed by atoms with E-state index in [9.17, 15) is 0 Å². The molecule has 0 bridgehead atoms. The van der Waals surface area contributed by atoms with E-state index in [0.29, 0.717) is 6.10 Å². The monoisotopic (exact) mass is 453 g/mol. The molecular formula is C18H36IN3O2. The summed E-state index contributed by atoms with van der Waals surface area (Å²) in [6, 6.07) is 0. The van der Waals surface area contributed by atoms with E-state index in [2.05, 4.69) is 24.5 Å². The van der Waals surface area contributed by atoms with Gasteiger partial charge in [0, 0.05) is 26.3 Å². The lowest BCUT2D eigenvalue weighted by Gasteiger charge is -2.36. The summed E-state index contributed by atoms with van der Waals surface area (Å²) in [6.45, 7) is 8.49. The van der Waals surface area contributed by atoms with Crippen LogP contribution in [0.15, 0.2) is 4.99 Å². The van der Waals surface area contributed by atoms with Crippen molar-refractivity contribution in [1.29, 1.82) is 0 Å². The zero-order valence-corrected chi connectivity index (χ0v) is 17.8. The van der Waals surface area contributed by atoms with E-state index in [1.807, 2.05) is 0 Å². The molecular weight excluding hydrogens is 417 g/mol. The molecule has 1 atom stereocenters. The normalized spacial score (nSPS) is 23.6. The number of guanidine groups is 1. The minimum atomic E-state index is -0.0412. The maximum Gasteiger partial charge on any atom is 0.191 e. The predicted molar refractivity (Wildman–Crippen MR) is 110 cm³/mol. The highest BCUT2D eigenvalue weighted by atomic mass is 127. The van der Waals surface area contributed by atoms with Crippen molar-refractivity contribution in [2.75, 3.05) is 32.8 Å². The molecule has 2 fully saturated rings. The Labute approximate surface area is 164 Å². The summed E-state index contributed by atoms with van der Waals surface area (Å²) in [5.74, 6) is 0.896. The molecule has 24 heavy (non-hydrogen) atoms. The van der Waals surface area contributed by atoms with Gasteiger partial charge in [-0.2, -0.15) is 0 Å². The Morgan fingerprint density at radius 1 is 1.17 bits per heavy atom. The van der Waals surface area contributed by atoms with Crippen molar-refractivity contribution >= 4 is 29.9 Å². The van der Waals surface area contributed by atoms with Crippen LogP contribution in [-0.4, -0.2) is 50.5 Å². The van der Waals surface area contributed by atoms with Crippen LogP contribution in [0.3, 0.4) is 0 Å². The Hall–Kier alpha value is -0.0800. The average Bonchev–Trinajstić information content (AvgIpc) is 3.10. The molecule has 5 nitrogen and oxygen atoms in total. The van der Waals surface area contributed by atoms with Crippen LogP contribution in [0.1, 0.15) is 65.2 Å². The molecule has 1 saturated carbocycles. The summed E-state index contributed by atoms with van der Waals surface area (Å²) in [7, 11) is 0. The number of aliphatic imine (C=N–C) groups is 1. The summed E-state index contributed by atoms with van der Waals surface area (Å²) >= 11 is 0. The van der Waals surface area contributed by atoms with Crippen LogP contribution in [0.4, 0.5) is 0 Å². The molecule has 6 heteroatoms. The minimum Gasteiger partial charge on any atom is -0.376 e. The third-order valence-corrected chi connectivity index (χ3v) is 4.77. The van der Waals surface area contributed by atoms with Gasteiger partial charge in [0.1, 0.15) is 0 Å². The van der Waals surface area contributed by atoms with Crippen molar-refractivity contribution in [3.63, 3.8) is 0 Å². The SMILES string of the molecule is CCCOC1(CN=C(NCC)NCC2CCCO2)CCCCC1.I. The van der Waals surface area contributed by atoms with Gasteiger partial charge in [-0.1, -0.05) is 26.2 Å². The van der Waals surface area contributed by atoms with Crippen LogP contribution in [0, 0.1) is 0 Å². The topological polar surface area (TPSA) is 54.9 Å². The first-order valence-electron chi connectivity index (χ1n) is 9.56. The van der Waals surface area contributed by atoms with Crippen LogP contribution in [0.25, 0.3) is 0 Å². The van der Waals surface area contributed by atoms with Gasteiger partial charge in [0.25, 0.3) is 0 Å². The minimum absolute atomic E-state index is 0. The average molecular weight is 453 g/mol. The Morgan fingerprint density at radius 3 is 2.58 bits per heavy atom. The molecule has 1 unspecified atom stereocenters. The van der Waals surface area contributed by atoms with Crippen LogP contribution in [0.2, 0.25) is 0 Å². The maximum absolute atomic E-state index is 6.24. The highest BCUT2D eigenvalue weighted by molar-refractivity contribution is 14.0. The standard InChI is InChI=1S/C18H35N3O2.HI/c1-3-12-23-18(10-6-5-7-11-18)15-21-17(19-4-2)20-14-16-9-8-13-22-16;/h16H,3-15H2,1-2H3,(H2,19,20,21);1H. The van der Waals surface area contributed by atoms with Crippen LogP contribution in [0.5, 0.6) is 0 Å². The van der Waals surface area contributed by atoms with E-state index in [-0.39, 0.29) is 29.6 Å². The zero-order chi connectivity index (χ0) is 16.4. The molecule has 1 aliphatic heterocycles. The first-order chi connectivity index (χ1) is 11.3.